The Hall–Kier alpha value is -3.34. The molecule has 1 unspecified atom stereocenters. The lowest BCUT2D eigenvalue weighted by molar-refractivity contribution is 0.0698. The van der Waals surface area contributed by atoms with Gasteiger partial charge in [0.05, 0.1) is 17.4 Å². The summed E-state index contributed by atoms with van der Waals surface area (Å²) in [5, 5.41) is 12.6. The summed E-state index contributed by atoms with van der Waals surface area (Å²) in [7, 11) is 2.08. The van der Waals surface area contributed by atoms with Crippen molar-refractivity contribution < 1.29 is 9.90 Å². The summed E-state index contributed by atoms with van der Waals surface area (Å²) in [5.41, 5.74) is 5.89. The molecule has 1 aromatic heterocycles. The van der Waals surface area contributed by atoms with E-state index in [9.17, 15) is 9.90 Å². The summed E-state index contributed by atoms with van der Waals surface area (Å²) < 4.78 is 0. The van der Waals surface area contributed by atoms with E-state index >= 15 is 0 Å². The maximum Gasteiger partial charge on any atom is 0.337 e. The zero-order valence-electron chi connectivity index (χ0n) is 15.8. The Labute approximate surface area is 164 Å². The van der Waals surface area contributed by atoms with Crippen LogP contribution in [-0.4, -0.2) is 29.7 Å². The van der Waals surface area contributed by atoms with Gasteiger partial charge in [-0.1, -0.05) is 24.3 Å². The summed E-state index contributed by atoms with van der Waals surface area (Å²) in [4.78, 5) is 17.6. The molecule has 0 fully saturated rings. The number of benzene rings is 2. The van der Waals surface area contributed by atoms with Crippen LogP contribution in [0.2, 0.25) is 0 Å². The highest BCUT2D eigenvalue weighted by molar-refractivity contribution is 5.93. The number of aromatic carboxylic acids is 1. The first-order valence-corrected chi connectivity index (χ1v) is 9.46. The van der Waals surface area contributed by atoms with Gasteiger partial charge in [-0.3, -0.25) is 4.98 Å². The number of pyridine rings is 1. The van der Waals surface area contributed by atoms with Gasteiger partial charge in [0, 0.05) is 37.1 Å². The molecule has 1 heterocycles. The van der Waals surface area contributed by atoms with Crippen molar-refractivity contribution in [3.05, 3.63) is 83.7 Å². The van der Waals surface area contributed by atoms with Gasteiger partial charge in [0.15, 0.2) is 0 Å². The Morgan fingerprint density at radius 3 is 2.79 bits per heavy atom. The number of anilines is 3. The van der Waals surface area contributed by atoms with Crippen molar-refractivity contribution >= 4 is 23.0 Å². The Balaban J connectivity index is 1.49. The normalized spacial score (nSPS) is 15.1. The third-order valence-electron chi connectivity index (χ3n) is 5.45. The summed E-state index contributed by atoms with van der Waals surface area (Å²) in [6.45, 7) is 0.701. The molecule has 0 radical (unpaired) electrons. The van der Waals surface area contributed by atoms with Crippen LogP contribution in [0.3, 0.4) is 0 Å². The van der Waals surface area contributed by atoms with E-state index in [1.165, 1.54) is 29.1 Å². The molecule has 1 aliphatic carbocycles. The monoisotopic (exact) mass is 373 g/mol. The van der Waals surface area contributed by atoms with Gasteiger partial charge < -0.3 is 15.3 Å². The first-order chi connectivity index (χ1) is 13.6. The number of carboxylic acid groups (broad SMARTS) is 1. The van der Waals surface area contributed by atoms with Crippen molar-refractivity contribution in [3.8, 4) is 0 Å². The van der Waals surface area contributed by atoms with Gasteiger partial charge in [0.1, 0.15) is 0 Å². The predicted molar refractivity (Wildman–Crippen MR) is 112 cm³/mol. The minimum Gasteiger partial charge on any atom is -0.478 e. The molecule has 0 aliphatic heterocycles. The number of rotatable bonds is 6. The number of carbonyl (C=O) groups is 1. The second kappa shape index (κ2) is 7.72. The van der Waals surface area contributed by atoms with Crippen LogP contribution in [-0.2, 0) is 6.42 Å². The van der Waals surface area contributed by atoms with E-state index in [2.05, 4.69) is 52.6 Å². The summed E-state index contributed by atoms with van der Waals surface area (Å²) in [6.07, 6.45) is 5.18. The predicted octanol–water partition coefficient (Wildman–Crippen LogP) is 4.69. The van der Waals surface area contributed by atoms with Gasteiger partial charge in [-0.05, 0) is 54.3 Å². The largest absolute Gasteiger partial charge is 0.478 e. The number of fused-ring (bicyclic) bond motifs is 1. The van der Waals surface area contributed by atoms with Crippen LogP contribution in [0, 0.1) is 0 Å². The van der Waals surface area contributed by atoms with E-state index < -0.39 is 5.97 Å². The number of hydrogen-bond acceptors (Lipinski definition) is 4. The first-order valence-electron chi connectivity index (χ1n) is 9.46. The van der Waals surface area contributed by atoms with Crippen LogP contribution in [0.25, 0.3) is 0 Å². The van der Waals surface area contributed by atoms with Crippen LogP contribution < -0.4 is 10.2 Å². The summed E-state index contributed by atoms with van der Waals surface area (Å²) >= 11 is 0. The van der Waals surface area contributed by atoms with Crippen molar-refractivity contribution in [2.45, 2.75) is 18.8 Å². The van der Waals surface area contributed by atoms with Gasteiger partial charge >= 0.3 is 5.97 Å². The fourth-order valence-corrected chi connectivity index (χ4v) is 3.87. The Kier molecular flexibility index (Phi) is 4.98. The molecule has 2 aromatic carbocycles. The number of aromatic nitrogens is 1. The minimum atomic E-state index is -0.940. The molecule has 1 aliphatic rings. The van der Waals surface area contributed by atoms with Crippen molar-refractivity contribution in [1.82, 2.24) is 4.98 Å². The second-order valence-electron chi connectivity index (χ2n) is 7.12. The molecule has 0 saturated heterocycles. The molecule has 5 nitrogen and oxygen atoms in total. The molecule has 142 valence electrons. The lowest BCUT2D eigenvalue weighted by Gasteiger charge is -2.21. The lowest BCUT2D eigenvalue weighted by atomic mass is 10.0. The molecule has 0 saturated carbocycles. The Morgan fingerprint density at radius 1 is 1.18 bits per heavy atom. The summed E-state index contributed by atoms with van der Waals surface area (Å²) in [5.74, 6) is -0.571. The average molecular weight is 373 g/mol. The maximum absolute atomic E-state index is 11.4. The van der Waals surface area contributed by atoms with E-state index in [4.69, 9.17) is 0 Å². The quantitative estimate of drug-likeness (QED) is 0.656. The SMILES string of the molecule is CN(c1ccccc1)c1ccc2c(c1)CCC2CNc1cnccc1C(=O)O. The highest BCUT2D eigenvalue weighted by atomic mass is 16.4. The molecule has 1 atom stereocenters. The van der Waals surface area contributed by atoms with Crippen molar-refractivity contribution in [1.29, 1.82) is 0 Å². The third kappa shape index (κ3) is 3.56. The van der Waals surface area contributed by atoms with E-state index in [0.717, 1.165) is 18.5 Å². The first kappa shape index (κ1) is 18.0. The topological polar surface area (TPSA) is 65.5 Å². The second-order valence-corrected chi connectivity index (χ2v) is 7.12. The van der Waals surface area contributed by atoms with Gasteiger partial charge in [-0.2, -0.15) is 0 Å². The van der Waals surface area contributed by atoms with Crippen LogP contribution in [0.15, 0.2) is 67.0 Å². The number of nitrogens with zero attached hydrogens (tertiary/aromatic N) is 2. The van der Waals surface area contributed by atoms with Crippen molar-refractivity contribution in [2.75, 3.05) is 23.8 Å². The number of carboxylic acids is 1. The molecule has 3 aromatic rings. The molecular formula is C23H23N3O2. The third-order valence-corrected chi connectivity index (χ3v) is 5.45. The van der Waals surface area contributed by atoms with Crippen molar-refractivity contribution in [3.63, 3.8) is 0 Å². The summed E-state index contributed by atoms with van der Waals surface area (Å²) in [6, 6.07) is 18.5. The van der Waals surface area contributed by atoms with E-state index in [-0.39, 0.29) is 5.56 Å². The van der Waals surface area contributed by atoms with Crippen LogP contribution in [0.5, 0.6) is 0 Å². The standard InChI is InChI=1S/C23H23N3O2/c1-26(18-5-3-2-4-6-18)19-9-10-20-16(13-19)7-8-17(20)14-25-22-15-24-12-11-21(22)23(27)28/h2-6,9-13,15,17,25H,7-8,14H2,1H3,(H,27,28). The van der Waals surface area contributed by atoms with E-state index in [1.807, 2.05) is 18.2 Å². The van der Waals surface area contributed by atoms with Crippen LogP contribution >= 0.6 is 0 Å². The van der Waals surface area contributed by atoms with Gasteiger partial charge in [0.2, 0.25) is 0 Å². The van der Waals surface area contributed by atoms with Crippen molar-refractivity contribution in [2.24, 2.45) is 0 Å². The van der Waals surface area contributed by atoms with Gasteiger partial charge in [-0.25, -0.2) is 4.79 Å². The highest BCUT2D eigenvalue weighted by Crippen LogP contribution is 2.36. The number of nitrogens with one attached hydrogen (secondary N) is 1. The smallest absolute Gasteiger partial charge is 0.337 e. The van der Waals surface area contributed by atoms with Crippen LogP contribution in [0.1, 0.15) is 33.8 Å². The Morgan fingerprint density at radius 2 is 2.00 bits per heavy atom. The zero-order valence-corrected chi connectivity index (χ0v) is 15.8. The lowest BCUT2D eigenvalue weighted by Crippen LogP contribution is -2.13. The minimum absolute atomic E-state index is 0.257. The molecule has 5 heteroatoms. The average Bonchev–Trinajstić information content (AvgIpc) is 3.14. The maximum atomic E-state index is 11.4. The number of hydrogen-bond donors (Lipinski definition) is 2. The number of aryl methyl sites for hydroxylation is 1. The molecule has 4 rings (SSSR count). The van der Waals surface area contributed by atoms with E-state index in [1.54, 1.807) is 6.20 Å². The van der Waals surface area contributed by atoms with Crippen LogP contribution in [0.4, 0.5) is 17.1 Å². The molecular weight excluding hydrogens is 350 g/mol. The fourth-order valence-electron chi connectivity index (χ4n) is 3.87. The molecule has 0 bridgehead atoms. The van der Waals surface area contributed by atoms with E-state index in [0.29, 0.717) is 18.2 Å². The molecule has 2 N–H and O–H groups in total. The number of para-hydroxylation sites is 1. The molecule has 0 amide bonds. The zero-order chi connectivity index (χ0) is 19.5. The van der Waals surface area contributed by atoms with Gasteiger partial charge in [-0.15, -0.1) is 0 Å². The highest BCUT2D eigenvalue weighted by Gasteiger charge is 2.23. The van der Waals surface area contributed by atoms with Gasteiger partial charge in [0.25, 0.3) is 0 Å². The Bertz CT molecular complexity index is 988. The molecule has 28 heavy (non-hydrogen) atoms. The molecule has 0 spiro atoms. The fraction of sp³-hybridized carbons (Fsp3) is 0.217.